The summed E-state index contributed by atoms with van der Waals surface area (Å²) in [7, 11) is -2.05. The van der Waals surface area contributed by atoms with E-state index in [1.807, 2.05) is 41.5 Å². The van der Waals surface area contributed by atoms with Crippen LogP contribution in [0.15, 0.2) is 0 Å². The van der Waals surface area contributed by atoms with Gasteiger partial charge in [-0.15, -0.1) is 0 Å². The van der Waals surface area contributed by atoms with Crippen molar-refractivity contribution >= 4 is 59.7 Å². The second kappa shape index (κ2) is 15.4. The maximum absolute atomic E-state index is 6.33. The van der Waals surface area contributed by atoms with Crippen LogP contribution in [0.25, 0.3) is 0 Å². The lowest BCUT2D eigenvalue weighted by molar-refractivity contribution is 0.0281. The van der Waals surface area contributed by atoms with E-state index in [-0.39, 0.29) is 0 Å². The van der Waals surface area contributed by atoms with Crippen molar-refractivity contribution in [2.75, 3.05) is 39.6 Å². The van der Waals surface area contributed by atoms with E-state index in [9.17, 15) is 0 Å². The van der Waals surface area contributed by atoms with Crippen molar-refractivity contribution in [1.82, 2.24) is 0 Å². The van der Waals surface area contributed by atoms with Crippen LogP contribution in [0.3, 0.4) is 0 Å². The third-order valence-corrected chi connectivity index (χ3v) is 20.0. The highest BCUT2D eigenvalue weighted by atomic mass is 33.7. The summed E-state index contributed by atoms with van der Waals surface area (Å²) in [5.41, 5.74) is 0. The Morgan fingerprint density at radius 1 is 0.630 bits per heavy atom. The maximum Gasteiger partial charge on any atom is 0.523 e. The highest BCUT2D eigenvalue weighted by Gasteiger charge is 2.77. The van der Waals surface area contributed by atoms with Crippen molar-refractivity contribution in [3.8, 4) is 0 Å². The van der Waals surface area contributed by atoms with Crippen LogP contribution in [0, 0.1) is 0 Å². The molecule has 27 heavy (non-hydrogen) atoms. The summed E-state index contributed by atoms with van der Waals surface area (Å²) in [6.45, 7) is 16.7. The van der Waals surface area contributed by atoms with E-state index in [0.717, 1.165) is 0 Å². The predicted molar refractivity (Wildman–Crippen MR) is 126 cm³/mol. The molecule has 0 aromatic heterocycles. The fraction of sp³-hybridized carbons (Fsp3) is 1.00. The van der Waals surface area contributed by atoms with Crippen LogP contribution < -0.4 is 0 Å². The first-order chi connectivity index (χ1) is 13.0. The van der Waals surface area contributed by atoms with Gasteiger partial charge in [-0.05, 0) is 67.6 Å². The molecule has 0 saturated carbocycles. The van der Waals surface area contributed by atoms with Gasteiger partial charge >= 0.3 is 17.6 Å². The number of hydrogen-bond acceptors (Lipinski definition) is 10. The molecule has 12 heteroatoms. The molecule has 0 N–H and O–H groups in total. The molecule has 0 heterocycles. The minimum absolute atomic E-state index is 0.474. The predicted octanol–water partition coefficient (Wildman–Crippen LogP) is 5.18. The topological polar surface area (TPSA) is 55.4 Å². The van der Waals surface area contributed by atoms with E-state index < -0.39 is 21.6 Å². The zero-order valence-electron chi connectivity index (χ0n) is 17.6. The molecule has 0 atom stereocenters. The van der Waals surface area contributed by atoms with Crippen molar-refractivity contribution < 1.29 is 26.6 Å². The Morgan fingerprint density at radius 2 is 0.926 bits per heavy atom. The molecule has 0 unspecified atom stereocenters. The van der Waals surface area contributed by atoms with Crippen molar-refractivity contribution in [1.29, 1.82) is 0 Å². The Hall–Kier alpha value is 1.59. The van der Waals surface area contributed by atoms with Gasteiger partial charge in [-0.25, -0.2) is 0 Å². The molecule has 0 aromatic rings. The van der Waals surface area contributed by atoms with Crippen molar-refractivity contribution in [3.05, 3.63) is 0 Å². The lowest BCUT2D eigenvalue weighted by Crippen LogP contribution is -2.78. The van der Waals surface area contributed by atoms with E-state index in [0.29, 0.717) is 46.1 Å². The fourth-order valence-electron chi connectivity index (χ4n) is 2.94. The van der Waals surface area contributed by atoms with E-state index in [2.05, 4.69) is 18.6 Å². The van der Waals surface area contributed by atoms with Crippen LogP contribution in [-0.2, 0) is 26.6 Å². The second-order valence-electron chi connectivity index (χ2n) is 5.12. The summed E-state index contributed by atoms with van der Waals surface area (Å²) >= 11 is 4.32. The van der Waals surface area contributed by atoms with Gasteiger partial charge in [0.15, 0.2) is 3.99 Å². The van der Waals surface area contributed by atoms with Crippen molar-refractivity contribution in [2.45, 2.75) is 58.9 Å². The minimum Gasteiger partial charge on any atom is -0.373 e. The molecule has 0 rings (SSSR count). The normalized spacial score (nSPS) is 13.3. The van der Waals surface area contributed by atoms with E-state index >= 15 is 0 Å². The van der Waals surface area contributed by atoms with Crippen molar-refractivity contribution in [2.24, 2.45) is 0 Å². The lowest BCUT2D eigenvalue weighted by atomic mass is 10.6. The average Bonchev–Trinajstić information content (AvgIpc) is 2.64. The van der Waals surface area contributed by atoms with Gasteiger partial charge in [0.05, 0.1) is 0 Å². The Kier molecular flexibility index (Phi) is 16.3. The van der Waals surface area contributed by atoms with E-state index in [4.69, 9.17) is 26.6 Å². The van der Waals surface area contributed by atoms with Crippen LogP contribution in [0.2, 0.25) is 0 Å². The smallest absolute Gasteiger partial charge is 0.373 e. The first-order valence-electron chi connectivity index (χ1n) is 9.48. The Balaban J connectivity index is 6.74. The molecule has 0 aromatic carbocycles. The summed E-state index contributed by atoms with van der Waals surface area (Å²) in [4.78, 5) is 0. The van der Waals surface area contributed by atoms with Crippen LogP contribution in [-0.4, -0.2) is 61.2 Å². The van der Waals surface area contributed by atoms with E-state index in [1.165, 1.54) is 19.7 Å². The Labute approximate surface area is 184 Å². The third kappa shape index (κ3) is 6.79. The van der Waals surface area contributed by atoms with Gasteiger partial charge in [-0.2, -0.15) is 0 Å². The first-order valence-corrected chi connectivity index (χ1v) is 17.5. The Bertz CT molecular complexity index is 324. The number of hydrogen-bond donors (Lipinski definition) is 1. The molecule has 0 bridgehead atoms. The SMILES string of the molecule is CCO[Si](OCC)(OCC)C(CC)(SSSS)[Si](OCC)(OCC)OCC. The molecule has 0 fully saturated rings. The van der Waals surface area contributed by atoms with Gasteiger partial charge in [-0.3, -0.25) is 0 Å². The molecule has 0 spiro atoms. The highest BCUT2D eigenvalue weighted by molar-refractivity contribution is 9.24. The highest BCUT2D eigenvalue weighted by Crippen LogP contribution is 2.56. The summed E-state index contributed by atoms with van der Waals surface area (Å²) in [6.07, 6.45) is 0.664. The lowest BCUT2D eigenvalue weighted by Gasteiger charge is -2.50. The summed E-state index contributed by atoms with van der Waals surface area (Å²) < 4.78 is 37.3. The third-order valence-electron chi connectivity index (χ3n) is 3.70. The molecule has 6 nitrogen and oxygen atoms in total. The van der Waals surface area contributed by atoms with Gasteiger partial charge in [-0.1, -0.05) is 29.4 Å². The Morgan fingerprint density at radius 3 is 1.11 bits per heavy atom. The molecular formula is C15H36O6S4Si2. The molecule has 164 valence electrons. The summed E-state index contributed by atoms with van der Waals surface area (Å²) in [5, 5.41) is 0. The largest absolute Gasteiger partial charge is 0.523 e. The van der Waals surface area contributed by atoms with Crippen LogP contribution in [0.1, 0.15) is 54.9 Å². The maximum atomic E-state index is 6.33. The van der Waals surface area contributed by atoms with Gasteiger partial charge < -0.3 is 26.6 Å². The van der Waals surface area contributed by atoms with Gasteiger partial charge in [0, 0.05) is 39.6 Å². The second-order valence-corrected chi connectivity index (χ2v) is 17.1. The summed E-state index contributed by atoms with van der Waals surface area (Å²) in [6, 6.07) is 0. The molecule has 0 aliphatic carbocycles. The fourth-order valence-corrected chi connectivity index (χ4v) is 19.5. The summed E-state index contributed by atoms with van der Waals surface area (Å²) in [5.74, 6) is 0. The van der Waals surface area contributed by atoms with Crippen LogP contribution in [0.4, 0.5) is 0 Å². The number of rotatable bonds is 18. The van der Waals surface area contributed by atoms with E-state index in [1.54, 1.807) is 10.8 Å². The average molecular weight is 497 g/mol. The molecule has 0 aliphatic rings. The van der Waals surface area contributed by atoms with Crippen LogP contribution >= 0.6 is 42.1 Å². The van der Waals surface area contributed by atoms with Crippen LogP contribution in [0.5, 0.6) is 0 Å². The molecule has 0 saturated heterocycles. The molecule has 0 aliphatic heterocycles. The van der Waals surface area contributed by atoms with Gasteiger partial charge in [0.1, 0.15) is 0 Å². The molecular weight excluding hydrogens is 461 g/mol. The van der Waals surface area contributed by atoms with Gasteiger partial charge in [0.25, 0.3) is 0 Å². The standard InChI is InChI=1S/C15H36O6S4Si2/c1-8-15(23-25-24-22,26(16-9-2,17-10-3)18-11-4)27(19-12-5,20-13-6)21-14-7/h22H,8-14H2,1-7H3. The number of thiol groups is 1. The molecule has 0 radical (unpaired) electrons. The first kappa shape index (κ1) is 28.6. The minimum atomic E-state index is -3.28. The van der Waals surface area contributed by atoms with Gasteiger partial charge in [0.2, 0.25) is 0 Å². The van der Waals surface area contributed by atoms with Crippen molar-refractivity contribution in [3.63, 3.8) is 0 Å². The molecule has 0 amide bonds. The zero-order chi connectivity index (χ0) is 20.8. The quantitative estimate of drug-likeness (QED) is 0.157. The monoisotopic (exact) mass is 496 g/mol. The zero-order valence-corrected chi connectivity index (χ0v) is 22.9.